The van der Waals surface area contributed by atoms with Crippen LogP contribution in [-0.2, 0) is 6.42 Å². The molecule has 34 heavy (non-hydrogen) atoms. The van der Waals surface area contributed by atoms with Crippen LogP contribution in [0.15, 0.2) is 72.8 Å². The van der Waals surface area contributed by atoms with Gasteiger partial charge in [0.15, 0.2) is 11.6 Å². The Kier molecular flexibility index (Phi) is 7.72. The van der Waals surface area contributed by atoms with Crippen molar-refractivity contribution >= 4 is 5.57 Å². The van der Waals surface area contributed by atoms with Crippen molar-refractivity contribution in [2.75, 3.05) is 0 Å². The SMILES string of the molecule is CCC/C=C\Cc1ccc(-c2ccc(-c3ccc(C4=CCC(C)CC4)cc3F)cc2)c(F)c1F. The zero-order valence-corrected chi connectivity index (χ0v) is 19.9. The first-order valence-corrected chi connectivity index (χ1v) is 12.2. The molecule has 0 fully saturated rings. The molecule has 0 saturated heterocycles. The number of hydrogen-bond donors (Lipinski definition) is 0. The fraction of sp³-hybridized carbons (Fsp3) is 0.290. The van der Waals surface area contributed by atoms with Gasteiger partial charge < -0.3 is 0 Å². The number of unbranched alkanes of at least 4 members (excludes halogenated alkanes) is 1. The predicted octanol–water partition coefficient (Wildman–Crippen LogP) is 9.54. The lowest BCUT2D eigenvalue weighted by Crippen LogP contribution is -2.01. The summed E-state index contributed by atoms with van der Waals surface area (Å²) in [5.74, 6) is -1.25. The van der Waals surface area contributed by atoms with Gasteiger partial charge in [0.25, 0.3) is 0 Å². The van der Waals surface area contributed by atoms with E-state index in [4.69, 9.17) is 0 Å². The fourth-order valence-electron chi connectivity index (χ4n) is 4.47. The molecule has 3 aromatic carbocycles. The van der Waals surface area contributed by atoms with Crippen molar-refractivity contribution in [3.05, 3.63) is 101 Å². The van der Waals surface area contributed by atoms with Gasteiger partial charge in [0.1, 0.15) is 5.82 Å². The minimum atomic E-state index is -0.847. The Bertz CT molecular complexity index is 1200. The van der Waals surface area contributed by atoms with Crippen molar-refractivity contribution in [1.82, 2.24) is 0 Å². The normalized spacial score (nSPS) is 16.1. The molecular formula is C31H31F3. The Morgan fingerprint density at radius 1 is 0.824 bits per heavy atom. The van der Waals surface area contributed by atoms with Crippen molar-refractivity contribution in [3.8, 4) is 22.3 Å². The maximum absolute atomic E-state index is 15.0. The van der Waals surface area contributed by atoms with Gasteiger partial charge in [-0.25, -0.2) is 13.2 Å². The van der Waals surface area contributed by atoms with Crippen LogP contribution in [0.5, 0.6) is 0 Å². The summed E-state index contributed by atoms with van der Waals surface area (Å²) in [5.41, 5.74) is 4.47. The Hall–Kier alpha value is -3.07. The largest absolute Gasteiger partial charge is 0.206 e. The second-order valence-electron chi connectivity index (χ2n) is 9.25. The van der Waals surface area contributed by atoms with Gasteiger partial charge in [-0.2, -0.15) is 0 Å². The lowest BCUT2D eigenvalue weighted by Gasteiger charge is -2.19. The summed E-state index contributed by atoms with van der Waals surface area (Å²) in [6.45, 7) is 4.31. The van der Waals surface area contributed by atoms with Gasteiger partial charge in [-0.3, -0.25) is 0 Å². The van der Waals surface area contributed by atoms with Gasteiger partial charge in [-0.15, -0.1) is 0 Å². The molecule has 0 nitrogen and oxygen atoms in total. The third-order valence-electron chi connectivity index (χ3n) is 6.64. The average molecular weight is 461 g/mol. The van der Waals surface area contributed by atoms with Gasteiger partial charge in [-0.05, 0) is 71.9 Å². The van der Waals surface area contributed by atoms with Crippen LogP contribution in [0.1, 0.15) is 57.1 Å². The summed E-state index contributed by atoms with van der Waals surface area (Å²) in [6.07, 6.45) is 11.5. The van der Waals surface area contributed by atoms with Crippen LogP contribution in [0, 0.1) is 23.4 Å². The molecule has 0 aliphatic heterocycles. The van der Waals surface area contributed by atoms with Crippen molar-refractivity contribution in [1.29, 1.82) is 0 Å². The Balaban J connectivity index is 1.54. The first kappa shape index (κ1) is 24.1. The number of allylic oxidation sites excluding steroid dienone is 4. The van der Waals surface area contributed by atoms with E-state index in [1.54, 1.807) is 48.5 Å². The predicted molar refractivity (Wildman–Crippen MR) is 136 cm³/mol. The summed E-state index contributed by atoms with van der Waals surface area (Å²) in [6, 6.07) is 15.6. The van der Waals surface area contributed by atoms with E-state index in [0.717, 1.165) is 37.7 Å². The lowest BCUT2D eigenvalue weighted by atomic mass is 9.87. The quantitative estimate of drug-likeness (QED) is 0.308. The lowest BCUT2D eigenvalue weighted by molar-refractivity contribution is 0.503. The maximum atomic E-state index is 15.0. The van der Waals surface area contributed by atoms with Crippen LogP contribution in [0.3, 0.4) is 0 Å². The number of hydrogen-bond acceptors (Lipinski definition) is 0. The van der Waals surface area contributed by atoms with Crippen molar-refractivity contribution in [3.63, 3.8) is 0 Å². The molecule has 0 N–H and O–H groups in total. The molecule has 1 unspecified atom stereocenters. The Labute approximate surface area is 200 Å². The average Bonchev–Trinajstić information content (AvgIpc) is 2.85. The molecule has 0 aromatic heterocycles. The van der Waals surface area contributed by atoms with Crippen molar-refractivity contribution in [2.24, 2.45) is 5.92 Å². The van der Waals surface area contributed by atoms with Crippen LogP contribution in [0.25, 0.3) is 27.8 Å². The highest BCUT2D eigenvalue weighted by Gasteiger charge is 2.16. The molecule has 0 radical (unpaired) electrons. The highest BCUT2D eigenvalue weighted by molar-refractivity contribution is 5.74. The van der Waals surface area contributed by atoms with Crippen LogP contribution in [0.4, 0.5) is 13.2 Å². The van der Waals surface area contributed by atoms with E-state index in [-0.39, 0.29) is 11.4 Å². The molecular weight excluding hydrogens is 429 g/mol. The summed E-state index contributed by atoms with van der Waals surface area (Å²) in [5, 5.41) is 0. The second kappa shape index (κ2) is 10.9. The smallest absolute Gasteiger partial charge is 0.166 e. The highest BCUT2D eigenvalue weighted by atomic mass is 19.2. The van der Waals surface area contributed by atoms with E-state index in [9.17, 15) is 13.2 Å². The molecule has 0 bridgehead atoms. The minimum absolute atomic E-state index is 0.208. The van der Waals surface area contributed by atoms with Crippen LogP contribution < -0.4 is 0 Å². The van der Waals surface area contributed by atoms with Gasteiger partial charge in [-0.1, -0.05) is 87.0 Å². The van der Waals surface area contributed by atoms with Gasteiger partial charge in [0.05, 0.1) is 0 Å². The van der Waals surface area contributed by atoms with E-state index in [1.165, 1.54) is 5.57 Å². The molecule has 3 heteroatoms. The molecule has 0 amide bonds. The molecule has 176 valence electrons. The first-order chi connectivity index (χ1) is 16.5. The van der Waals surface area contributed by atoms with Gasteiger partial charge >= 0.3 is 0 Å². The number of halogens is 3. The third-order valence-corrected chi connectivity index (χ3v) is 6.64. The third kappa shape index (κ3) is 5.35. The fourth-order valence-corrected chi connectivity index (χ4v) is 4.47. The number of rotatable bonds is 7. The summed E-state index contributed by atoms with van der Waals surface area (Å²) >= 11 is 0. The highest BCUT2D eigenvalue weighted by Crippen LogP contribution is 2.34. The second-order valence-corrected chi connectivity index (χ2v) is 9.25. The van der Waals surface area contributed by atoms with Gasteiger partial charge in [0, 0.05) is 11.1 Å². The monoisotopic (exact) mass is 460 g/mol. The molecule has 0 spiro atoms. The molecule has 1 aliphatic rings. The minimum Gasteiger partial charge on any atom is -0.206 e. The molecule has 0 heterocycles. The van der Waals surface area contributed by atoms with E-state index < -0.39 is 11.6 Å². The standard InChI is InChI=1S/C31H31F3/c1-3-4-5-6-7-25-16-19-28(31(34)30(25)33)24-14-12-23(13-15-24)27-18-17-26(20-29(27)32)22-10-8-21(2)9-11-22/h5-6,10,12-21H,3-4,7-9,11H2,1-2H3/b6-5-. The Morgan fingerprint density at radius 3 is 2.15 bits per heavy atom. The van der Waals surface area contributed by atoms with E-state index in [1.807, 2.05) is 18.2 Å². The molecule has 1 atom stereocenters. The maximum Gasteiger partial charge on any atom is 0.166 e. The van der Waals surface area contributed by atoms with Crippen molar-refractivity contribution < 1.29 is 13.2 Å². The summed E-state index contributed by atoms with van der Waals surface area (Å²) < 4.78 is 44.4. The first-order valence-electron chi connectivity index (χ1n) is 12.2. The zero-order chi connectivity index (χ0) is 24.1. The summed E-state index contributed by atoms with van der Waals surface area (Å²) in [7, 11) is 0. The van der Waals surface area contributed by atoms with Gasteiger partial charge in [0.2, 0.25) is 0 Å². The molecule has 3 aromatic rings. The van der Waals surface area contributed by atoms with E-state index in [2.05, 4.69) is 19.9 Å². The van der Waals surface area contributed by atoms with Crippen LogP contribution in [0.2, 0.25) is 0 Å². The van der Waals surface area contributed by atoms with Crippen LogP contribution >= 0.6 is 0 Å². The summed E-state index contributed by atoms with van der Waals surface area (Å²) in [4.78, 5) is 0. The molecule has 4 rings (SSSR count). The zero-order valence-electron chi connectivity index (χ0n) is 19.9. The molecule has 1 aliphatic carbocycles. The number of benzene rings is 3. The topological polar surface area (TPSA) is 0 Å². The van der Waals surface area contributed by atoms with E-state index in [0.29, 0.717) is 34.6 Å². The Morgan fingerprint density at radius 2 is 1.50 bits per heavy atom. The van der Waals surface area contributed by atoms with Crippen LogP contribution in [-0.4, -0.2) is 0 Å². The molecule has 0 saturated carbocycles. The van der Waals surface area contributed by atoms with E-state index >= 15 is 0 Å². The van der Waals surface area contributed by atoms with Crippen molar-refractivity contribution in [2.45, 2.75) is 52.4 Å².